The number of aromatic nitrogens is 2. The highest BCUT2D eigenvalue weighted by atomic mass is 32.2. The summed E-state index contributed by atoms with van der Waals surface area (Å²) < 4.78 is 0.710. The number of carbonyl (C=O) groups is 3. The summed E-state index contributed by atoms with van der Waals surface area (Å²) in [5.74, 6) is 0.249. The molecule has 1 aliphatic heterocycles. The van der Waals surface area contributed by atoms with Crippen molar-refractivity contribution < 1.29 is 14.4 Å². The summed E-state index contributed by atoms with van der Waals surface area (Å²) in [6.07, 6.45) is 0. The smallest absolute Gasteiger partial charge is 0.289 e. The first-order chi connectivity index (χ1) is 15.5. The van der Waals surface area contributed by atoms with Crippen LogP contribution in [0.4, 0.5) is 9.93 Å². The van der Waals surface area contributed by atoms with E-state index in [9.17, 15) is 14.4 Å². The van der Waals surface area contributed by atoms with Gasteiger partial charge in [0.15, 0.2) is 4.34 Å². The van der Waals surface area contributed by atoms with Gasteiger partial charge in [0.1, 0.15) is 0 Å². The van der Waals surface area contributed by atoms with Gasteiger partial charge in [0.25, 0.3) is 11.1 Å². The third-order valence-corrected chi connectivity index (χ3v) is 7.34. The van der Waals surface area contributed by atoms with Gasteiger partial charge < -0.3 is 0 Å². The van der Waals surface area contributed by atoms with Crippen LogP contribution in [0.5, 0.6) is 0 Å². The van der Waals surface area contributed by atoms with Crippen LogP contribution in [0.25, 0.3) is 0 Å². The lowest BCUT2D eigenvalue weighted by molar-refractivity contribution is -0.125. The number of imide groups is 1. The number of nitrogens with one attached hydrogen (secondary N) is 1. The molecule has 0 unspecified atom stereocenters. The molecule has 32 heavy (non-hydrogen) atoms. The van der Waals surface area contributed by atoms with Gasteiger partial charge in [0, 0.05) is 11.3 Å². The number of amides is 3. The first kappa shape index (κ1) is 22.0. The zero-order valence-corrected chi connectivity index (χ0v) is 18.9. The molecule has 8 nitrogen and oxygen atoms in total. The van der Waals surface area contributed by atoms with Gasteiger partial charge in [-0.25, -0.2) is 0 Å². The molecule has 1 aliphatic rings. The lowest BCUT2D eigenvalue weighted by atomic mass is 10.1. The van der Waals surface area contributed by atoms with Crippen LogP contribution in [0.3, 0.4) is 0 Å². The van der Waals surface area contributed by atoms with E-state index in [4.69, 9.17) is 5.26 Å². The van der Waals surface area contributed by atoms with Gasteiger partial charge in [-0.2, -0.15) is 5.26 Å². The molecule has 1 saturated heterocycles. The third kappa shape index (κ3) is 5.34. The van der Waals surface area contributed by atoms with Crippen LogP contribution in [0.2, 0.25) is 0 Å². The maximum Gasteiger partial charge on any atom is 0.289 e. The molecule has 160 valence electrons. The standard InChI is InChI=1S/C21H15N5O3S3/c22-9-13-4-6-14(7-5-13)11-30-20-25-24-19(32-20)23-18(28)16-3-1-2-15(8-16)10-26-17(27)12-31-21(26)29/h1-8H,10-12H2,(H,23,24,28). The van der Waals surface area contributed by atoms with Gasteiger partial charge in [-0.1, -0.05) is 59.1 Å². The van der Waals surface area contributed by atoms with E-state index in [-0.39, 0.29) is 29.4 Å². The summed E-state index contributed by atoms with van der Waals surface area (Å²) in [6.45, 7) is 0.140. The van der Waals surface area contributed by atoms with E-state index in [0.29, 0.717) is 31.9 Å². The van der Waals surface area contributed by atoms with Gasteiger partial charge in [-0.05, 0) is 35.4 Å². The summed E-state index contributed by atoms with van der Waals surface area (Å²) in [5.41, 5.74) is 2.76. The molecular weight excluding hydrogens is 466 g/mol. The fourth-order valence-corrected chi connectivity index (χ4v) is 5.26. The Bertz CT molecular complexity index is 1200. The zero-order valence-electron chi connectivity index (χ0n) is 16.5. The highest BCUT2D eigenvalue weighted by Gasteiger charge is 2.29. The average molecular weight is 482 g/mol. The minimum absolute atomic E-state index is 0.140. The normalized spacial score (nSPS) is 13.3. The van der Waals surface area contributed by atoms with Crippen LogP contribution < -0.4 is 5.32 Å². The Balaban J connectivity index is 1.35. The second-order valence-corrected chi connectivity index (χ2v) is 9.79. The van der Waals surface area contributed by atoms with Gasteiger partial charge in [0.2, 0.25) is 11.0 Å². The average Bonchev–Trinajstić information content (AvgIpc) is 3.39. The van der Waals surface area contributed by atoms with Crippen molar-refractivity contribution in [2.75, 3.05) is 11.1 Å². The molecule has 2 aromatic carbocycles. The lowest BCUT2D eigenvalue weighted by Gasteiger charge is -2.13. The Morgan fingerprint density at radius 2 is 1.97 bits per heavy atom. The predicted molar refractivity (Wildman–Crippen MR) is 123 cm³/mol. The van der Waals surface area contributed by atoms with Crippen molar-refractivity contribution in [1.82, 2.24) is 15.1 Å². The minimum Gasteiger partial charge on any atom is -0.296 e. The summed E-state index contributed by atoms with van der Waals surface area (Å²) in [6, 6.07) is 16.2. The van der Waals surface area contributed by atoms with Crippen LogP contribution in [0, 0.1) is 11.3 Å². The third-order valence-electron chi connectivity index (χ3n) is 4.44. The molecule has 4 rings (SSSR count). The van der Waals surface area contributed by atoms with Crippen molar-refractivity contribution >= 4 is 57.0 Å². The van der Waals surface area contributed by atoms with Gasteiger partial charge in [0.05, 0.1) is 23.9 Å². The predicted octanol–water partition coefficient (Wildman–Crippen LogP) is 4.15. The zero-order chi connectivity index (χ0) is 22.5. The molecule has 11 heteroatoms. The molecule has 0 atom stereocenters. The maximum absolute atomic E-state index is 12.6. The SMILES string of the molecule is N#Cc1ccc(CSc2nnc(NC(=O)c3cccc(CN4C(=O)CSC4=O)c3)s2)cc1. The summed E-state index contributed by atoms with van der Waals surface area (Å²) in [7, 11) is 0. The van der Waals surface area contributed by atoms with Gasteiger partial charge in [-0.3, -0.25) is 24.6 Å². The lowest BCUT2D eigenvalue weighted by Crippen LogP contribution is -2.28. The summed E-state index contributed by atoms with van der Waals surface area (Å²) in [4.78, 5) is 37.4. The number of rotatable bonds is 7. The Morgan fingerprint density at radius 1 is 1.16 bits per heavy atom. The molecule has 0 aliphatic carbocycles. The largest absolute Gasteiger partial charge is 0.296 e. The van der Waals surface area contributed by atoms with Crippen LogP contribution in [0.1, 0.15) is 27.0 Å². The molecule has 3 aromatic rings. The number of thioether (sulfide) groups is 2. The molecule has 0 bridgehead atoms. The van der Waals surface area contributed by atoms with E-state index in [2.05, 4.69) is 21.6 Å². The van der Waals surface area contributed by atoms with Crippen LogP contribution in [0.15, 0.2) is 52.9 Å². The highest BCUT2D eigenvalue weighted by molar-refractivity contribution is 8.14. The van der Waals surface area contributed by atoms with Crippen LogP contribution in [-0.4, -0.2) is 37.9 Å². The number of nitrogens with zero attached hydrogens (tertiary/aromatic N) is 4. The van der Waals surface area contributed by atoms with Crippen LogP contribution >= 0.6 is 34.9 Å². The first-order valence-electron chi connectivity index (χ1n) is 9.34. The Hall–Kier alpha value is -3.20. The highest BCUT2D eigenvalue weighted by Crippen LogP contribution is 2.29. The van der Waals surface area contributed by atoms with E-state index < -0.39 is 0 Å². The molecule has 1 N–H and O–H groups in total. The molecule has 1 fully saturated rings. The topological polar surface area (TPSA) is 116 Å². The van der Waals surface area contributed by atoms with E-state index in [0.717, 1.165) is 17.3 Å². The Morgan fingerprint density at radius 3 is 2.69 bits per heavy atom. The van der Waals surface area contributed by atoms with E-state index >= 15 is 0 Å². The number of carbonyl (C=O) groups excluding carboxylic acids is 3. The Labute approximate surface area is 196 Å². The minimum atomic E-state index is -0.347. The molecule has 0 saturated carbocycles. The van der Waals surface area contributed by atoms with E-state index in [1.54, 1.807) is 36.4 Å². The summed E-state index contributed by atoms with van der Waals surface area (Å²) >= 11 is 3.74. The maximum atomic E-state index is 12.6. The Kier molecular flexibility index (Phi) is 6.84. The van der Waals surface area contributed by atoms with E-state index in [1.165, 1.54) is 28.0 Å². The quantitative estimate of drug-likeness (QED) is 0.395. The molecular formula is C21H15N5O3S3. The number of hydrogen-bond donors (Lipinski definition) is 1. The van der Waals surface area contributed by atoms with Crippen molar-refractivity contribution in [3.8, 4) is 6.07 Å². The number of anilines is 1. The molecule has 2 heterocycles. The molecule has 1 aromatic heterocycles. The molecule has 3 amide bonds. The van der Waals surface area contributed by atoms with Crippen molar-refractivity contribution in [3.63, 3.8) is 0 Å². The van der Waals surface area contributed by atoms with Crippen LogP contribution in [-0.2, 0) is 17.1 Å². The van der Waals surface area contributed by atoms with Crippen molar-refractivity contribution in [2.24, 2.45) is 0 Å². The first-order valence-corrected chi connectivity index (χ1v) is 12.1. The monoisotopic (exact) mass is 481 g/mol. The fraction of sp³-hybridized carbons (Fsp3) is 0.143. The van der Waals surface area contributed by atoms with Crippen molar-refractivity contribution in [3.05, 3.63) is 70.8 Å². The van der Waals surface area contributed by atoms with Crippen molar-refractivity contribution in [2.45, 2.75) is 16.6 Å². The molecule has 0 spiro atoms. The van der Waals surface area contributed by atoms with Gasteiger partial charge >= 0.3 is 0 Å². The number of benzene rings is 2. The molecule has 0 radical (unpaired) electrons. The van der Waals surface area contributed by atoms with Gasteiger partial charge in [-0.15, -0.1) is 10.2 Å². The van der Waals surface area contributed by atoms with E-state index in [1.807, 2.05) is 12.1 Å². The van der Waals surface area contributed by atoms with Crippen molar-refractivity contribution in [1.29, 1.82) is 5.26 Å². The second-order valence-electron chi connectivity index (χ2n) is 6.66. The number of hydrogen-bond acceptors (Lipinski definition) is 9. The second kappa shape index (κ2) is 9.95. The fourth-order valence-electron chi connectivity index (χ4n) is 2.84. The summed E-state index contributed by atoms with van der Waals surface area (Å²) in [5, 5.41) is 19.8. The number of nitriles is 1.